The Morgan fingerprint density at radius 1 is 1.19 bits per heavy atom. The first-order valence-electron chi connectivity index (χ1n) is 7.61. The van der Waals surface area contributed by atoms with Crippen LogP contribution in [-0.4, -0.2) is 58.0 Å². The summed E-state index contributed by atoms with van der Waals surface area (Å²) in [7, 11) is 5.56. The van der Waals surface area contributed by atoms with Crippen LogP contribution in [0.25, 0.3) is 0 Å². The van der Waals surface area contributed by atoms with Gasteiger partial charge >= 0.3 is 0 Å². The molecular weight excluding hydrogens is 264 g/mol. The van der Waals surface area contributed by atoms with E-state index < -0.39 is 0 Å². The molecule has 1 aliphatic heterocycles. The fourth-order valence-corrected chi connectivity index (χ4v) is 3.16. The average Bonchev–Trinajstić information content (AvgIpc) is 2.89. The summed E-state index contributed by atoms with van der Waals surface area (Å²) in [5, 5.41) is 3.46. The number of likely N-dealkylation sites (tertiary alicyclic amines) is 1. The number of hydrogen-bond acceptors (Lipinski definition) is 4. The van der Waals surface area contributed by atoms with Crippen LogP contribution in [0, 0.1) is 13.8 Å². The molecule has 3 unspecified atom stereocenters. The van der Waals surface area contributed by atoms with Crippen LogP contribution in [0.5, 0.6) is 0 Å². The van der Waals surface area contributed by atoms with Crippen molar-refractivity contribution in [3.05, 3.63) is 34.9 Å². The standard InChI is InChI=1S/C17H28N2O2/c1-12-6-7-13(2)14(8-12)15(18-3)9-19-10-16(20-4)17(11-19)21-5/h6-8,15-18H,9-11H2,1-5H3. The summed E-state index contributed by atoms with van der Waals surface area (Å²) in [5.74, 6) is 0. The van der Waals surface area contributed by atoms with Gasteiger partial charge in [-0.15, -0.1) is 0 Å². The second-order valence-corrected chi connectivity index (χ2v) is 5.97. The number of benzene rings is 1. The van der Waals surface area contributed by atoms with Gasteiger partial charge in [-0.1, -0.05) is 23.8 Å². The van der Waals surface area contributed by atoms with Gasteiger partial charge in [0.2, 0.25) is 0 Å². The number of nitrogens with one attached hydrogen (secondary N) is 1. The highest BCUT2D eigenvalue weighted by molar-refractivity contribution is 5.33. The van der Waals surface area contributed by atoms with E-state index in [1.54, 1.807) is 14.2 Å². The molecule has 1 aromatic rings. The highest BCUT2D eigenvalue weighted by Gasteiger charge is 2.33. The molecule has 4 heteroatoms. The van der Waals surface area contributed by atoms with Crippen molar-refractivity contribution in [3.8, 4) is 0 Å². The molecule has 118 valence electrons. The molecular formula is C17H28N2O2. The van der Waals surface area contributed by atoms with Gasteiger partial charge in [-0.3, -0.25) is 4.90 Å². The summed E-state index contributed by atoms with van der Waals surface area (Å²) >= 11 is 0. The fourth-order valence-electron chi connectivity index (χ4n) is 3.16. The molecule has 0 spiro atoms. The summed E-state index contributed by atoms with van der Waals surface area (Å²) in [6.07, 6.45) is 0.345. The molecule has 1 fully saturated rings. The van der Waals surface area contributed by atoms with Crippen molar-refractivity contribution < 1.29 is 9.47 Å². The first-order chi connectivity index (χ1) is 10.1. The minimum atomic E-state index is 0.172. The van der Waals surface area contributed by atoms with Gasteiger partial charge in [0.15, 0.2) is 0 Å². The Hall–Kier alpha value is -0.940. The van der Waals surface area contributed by atoms with E-state index in [0.717, 1.165) is 19.6 Å². The number of likely N-dealkylation sites (N-methyl/N-ethyl adjacent to an activating group) is 1. The third-order valence-electron chi connectivity index (χ3n) is 4.50. The first-order valence-corrected chi connectivity index (χ1v) is 7.61. The SMILES string of the molecule is CNC(CN1CC(OC)C(OC)C1)c1cc(C)ccc1C. The summed E-state index contributed by atoms with van der Waals surface area (Å²) in [6, 6.07) is 6.99. The van der Waals surface area contributed by atoms with Gasteiger partial charge < -0.3 is 14.8 Å². The lowest BCUT2D eigenvalue weighted by Gasteiger charge is -2.25. The number of methoxy groups -OCH3 is 2. The van der Waals surface area contributed by atoms with Crippen molar-refractivity contribution in [1.82, 2.24) is 10.2 Å². The molecule has 0 radical (unpaired) electrons. The minimum Gasteiger partial charge on any atom is -0.377 e. The molecule has 1 N–H and O–H groups in total. The van der Waals surface area contributed by atoms with Gasteiger partial charge in [0.25, 0.3) is 0 Å². The predicted octanol–water partition coefficient (Wildman–Crippen LogP) is 1.91. The second-order valence-electron chi connectivity index (χ2n) is 5.97. The maximum absolute atomic E-state index is 5.52. The molecule has 21 heavy (non-hydrogen) atoms. The number of aryl methyl sites for hydroxylation is 2. The highest BCUT2D eigenvalue weighted by Crippen LogP contribution is 2.23. The third kappa shape index (κ3) is 3.83. The first kappa shape index (κ1) is 16.4. The van der Waals surface area contributed by atoms with Gasteiger partial charge in [0.1, 0.15) is 0 Å². The van der Waals surface area contributed by atoms with Crippen molar-refractivity contribution in [2.24, 2.45) is 0 Å². The van der Waals surface area contributed by atoms with E-state index in [0.29, 0.717) is 6.04 Å². The molecule has 1 aromatic carbocycles. The Morgan fingerprint density at radius 3 is 2.33 bits per heavy atom. The van der Waals surface area contributed by atoms with Crippen molar-refractivity contribution in [3.63, 3.8) is 0 Å². The van der Waals surface area contributed by atoms with Gasteiger partial charge in [-0.25, -0.2) is 0 Å². The van der Waals surface area contributed by atoms with Crippen molar-refractivity contribution >= 4 is 0 Å². The zero-order valence-electron chi connectivity index (χ0n) is 13.8. The van der Waals surface area contributed by atoms with Crippen molar-refractivity contribution in [1.29, 1.82) is 0 Å². The van der Waals surface area contributed by atoms with Crippen LogP contribution < -0.4 is 5.32 Å². The third-order valence-corrected chi connectivity index (χ3v) is 4.50. The lowest BCUT2D eigenvalue weighted by molar-refractivity contribution is -0.00461. The number of hydrogen-bond donors (Lipinski definition) is 1. The molecule has 1 saturated heterocycles. The molecule has 0 aliphatic carbocycles. The molecule has 0 aromatic heterocycles. The lowest BCUT2D eigenvalue weighted by Crippen LogP contribution is -2.33. The predicted molar refractivity (Wildman–Crippen MR) is 85.8 cm³/mol. The van der Waals surface area contributed by atoms with Crippen LogP contribution in [0.15, 0.2) is 18.2 Å². The molecule has 2 rings (SSSR count). The Labute approximate surface area is 128 Å². The molecule has 4 nitrogen and oxygen atoms in total. The lowest BCUT2D eigenvalue weighted by atomic mass is 9.98. The van der Waals surface area contributed by atoms with Crippen LogP contribution in [0.1, 0.15) is 22.7 Å². The number of rotatable bonds is 6. The maximum Gasteiger partial charge on any atom is 0.0971 e. The Morgan fingerprint density at radius 2 is 1.81 bits per heavy atom. The van der Waals surface area contributed by atoms with Crippen LogP contribution in [0.3, 0.4) is 0 Å². The normalized spacial score (nSPS) is 24.4. The van der Waals surface area contributed by atoms with Crippen LogP contribution >= 0.6 is 0 Å². The summed E-state index contributed by atoms with van der Waals surface area (Å²) < 4.78 is 11.0. The molecule has 1 heterocycles. The zero-order chi connectivity index (χ0) is 15.4. The minimum absolute atomic E-state index is 0.172. The van der Waals surface area contributed by atoms with Gasteiger partial charge in [0, 0.05) is 39.9 Å². The van der Waals surface area contributed by atoms with Crippen LogP contribution in [0.2, 0.25) is 0 Å². The van der Waals surface area contributed by atoms with Gasteiger partial charge in [-0.05, 0) is 32.0 Å². The molecule has 3 atom stereocenters. The monoisotopic (exact) mass is 292 g/mol. The van der Waals surface area contributed by atoms with E-state index in [-0.39, 0.29) is 12.2 Å². The molecule has 1 aliphatic rings. The molecule has 0 amide bonds. The fraction of sp³-hybridized carbons (Fsp3) is 0.647. The van der Waals surface area contributed by atoms with Gasteiger partial charge in [-0.2, -0.15) is 0 Å². The Bertz CT molecular complexity index is 452. The van der Waals surface area contributed by atoms with E-state index in [4.69, 9.17) is 9.47 Å². The summed E-state index contributed by atoms with van der Waals surface area (Å²) in [5.41, 5.74) is 4.03. The summed E-state index contributed by atoms with van der Waals surface area (Å²) in [4.78, 5) is 2.42. The van der Waals surface area contributed by atoms with Crippen molar-refractivity contribution in [2.75, 3.05) is 40.9 Å². The largest absolute Gasteiger partial charge is 0.377 e. The van der Waals surface area contributed by atoms with Crippen LogP contribution in [-0.2, 0) is 9.47 Å². The van der Waals surface area contributed by atoms with Gasteiger partial charge in [0.05, 0.1) is 12.2 Å². The topological polar surface area (TPSA) is 33.7 Å². The quantitative estimate of drug-likeness (QED) is 0.868. The number of ether oxygens (including phenoxy) is 2. The highest BCUT2D eigenvalue weighted by atomic mass is 16.5. The van der Waals surface area contributed by atoms with E-state index in [2.05, 4.69) is 42.3 Å². The Kier molecular flexibility index (Phi) is 5.76. The molecule has 0 saturated carbocycles. The smallest absolute Gasteiger partial charge is 0.0971 e. The zero-order valence-corrected chi connectivity index (χ0v) is 13.8. The molecule has 0 bridgehead atoms. The average molecular weight is 292 g/mol. The van der Waals surface area contributed by atoms with E-state index in [9.17, 15) is 0 Å². The van der Waals surface area contributed by atoms with Crippen LogP contribution in [0.4, 0.5) is 0 Å². The number of nitrogens with zero attached hydrogens (tertiary/aromatic N) is 1. The maximum atomic E-state index is 5.52. The van der Waals surface area contributed by atoms with E-state index in [1.807, 2.05) is 7.05 Å². The Balaban J connectivity index is 2.08. The summed E-state index contributed by atoms with van der Waals surface area (Å²) in [6.45, 7) is 7.16. The van der Waals surface area contributed by atoms with E-state index >= 15 is 0 Å². The second kappa shape index (κ2) is 7.36. The van der Waals surface area contributed by atoms with Crippen molar-refractivity contribution in [2.45, 2.75) is 32.1 Å². The van der Waals surface area contributed by atoms with E-state index in [1.165, 1.54) is 16.7 Å².